The molecule has 3 aromatic rings. The van der Waals surface area contributed by atoms with Crippen LogP contribution in [-0.4, -0.2) is 21.6 Å². The SMILES string of the molecule is NC(=O)Cc1ccc(NC(=O)c2cnn(Cc3ccccc3)c2)cc1. The minimum Gasteiger partial charge on any atom is -0.369 e. The van der Waals surface area contributed by atoms with Crippen molar-refractivity contribution in [3.05, 3.63) is 83.7 Å². The van der Waals surface area contributed by atoms with Gasteiger partial charge in [0.05, 0.1) is 24.7 Å². The van der Waals surface area contributed by atoms with Crippen LogP contribution in [0.5, 0.6) is 0 Å². The van der Waals surface area contributed by atoms with Gasteiger partial charge in [-0.2, -0.15) is 5.10 Å². The minimum atomic E-state index is -0.386. The van der Waals surface area contributed by atoms with Gasteiger partial charge in [-0.3, -0.25) is 14.3 Å². The Morgan fingerprint density at radius 3 is 2.40 bits per heavy atom. The van der Waals surface area contributed by atoms with Crippen LogP contribution in [0.25, 0.3) is 0 Å². The van der Waals surface area contributed by atoms with E-state index >= 15 is 0 Å². The summed E-state index contributed by atoms with van der Waals surface area (Å²) in [5.41, 5.74) is 8.21. The maximum absolute atomic E-state index is 12.3. The summed E-state index contributed by atoms with van der Waals surface area (Å²) in [5.74, 6) is -0.621. The van der Waals surface area contributed by atoms with E-state index in [0.717, 1.165) is 11.1 Å². The molecule has 0 spiro atoms. The number of hydrogen-bond donors (Lipinski definition) is 2. The summed E-state index contributed by atoms with van der Waals surface area (Å²) in [6.07, 6.45) is 3.43. The average Bonchev–Trinajstić information content (AvgIpc) is 3.06. The fraction of sp³-hybridized carbons (Fsp3) is 0.105. The molecule has 0 saturated heterocycles. The summed E-state index contributed by atoms with van der Waals surface area (Å²) >= 11 is 0. The van der Waals surface area contributed by atoms with Crippen LogP contribution in [0, 0.1) is 0 Å². The Bertz CT molecular complexity index is 870. The summed E-state index contributed by atoms with van der Waals surface area (Å²) in [6, 6.07) is 16.9. The second-order valence-corrected chi connectivity index (χ2v) is 5.71. The molecule has 126 valence electrons. The Balaban J connectivity index is 1.62. The second kappa shape index (κ2) is 7.44. The first-order valence-corrected chi connectivity index (χ1v) is 7.85. The first-order valence-electron chi connectivity index (χ1n) is 7.85. The van der Waals surface area contributed by atoms with Crippen LogP contribution in [0.15, 0.2) is 67.0 Å². The molecule has 6 heteroatoms. The monoisotopic (exact) mass is 334 g/mol. The van der Waals surface area contributed by atoms with E-state index in [1.807, 2.05) is 30.3 Å². The lowest BCUT2D eigenvalue weighted by molar-refractivity contribution is -0.117. The number of carbonyl (C=O) groups excluding carboxylic acids is 2. The third-order valence-corrected chi connectivity index (χ3v) is 3.67. The highest BCUT2D eigenvalue weighted by Crippen LogP contribution is 2.12. The van der Waals surface area contributed by atoms with Crippen molar-refractivity contribution in [3.8, 4) is 0 Å². The molecule has 0 unspecified atom stereocenters. The van der Waals surface area contributed by atoms with Crippen molar-refractivity contribution in [3.63, 3.8) is 0 Å². The third kappa shape index (κ3) is 4.54. The second-order valence-electron chi connectivity index (χ2n) is 5.71. The smallest absolute Gasteiger partial charge is 0.258 e. The average molecular weight is 334 g/mol. The number of nitrogens with two attached hydrogens (primary N) is 1. The zero-order valence-electron chi connectivity index (χ0n) is 13.6. The van der Waals surface area contributed by atoms with Gasteiger partial charge in [-0.05, 0) is 23.3 Å². The Kier molecular flexibility index (Phi) is 4.89. The lowest BCUT2D eigenvalue weighted by atomic mass is 10.1. The summed E-state index contributed by atoms with van der Waals surface area (Å²) in [7, 11) is 0. The van der Waals surface area contributed by atoms with Gasteiger partial charge in [-0.25, -0.2) is 0 Å². The fourth-order valence-electron chi connectivity index (χ4n) is 2.45. The molecular weight excluding hydrogens is 316 g/mol. The van der Waals surface area contributed by atoms with Crippen LogP contribution in [-0.2, 0) is 17.8 Å². The van der Waals surface area contributed by atoms with Crippen molar-refractivity contribution >= 4 is 17.5 Å². The van der Waals surface area contributed by atoms with Gasteiger partial charge in [0, 0.05) is 11.9 Å². The Morgan fingerprint density at radius 2 is 1.72 bits per heavy atom. The minimum absolute atomic E-state index is 0.181. The molecule has 0 aliphatic carbocycles. The van der Waals surface area contributed by atoms with Crippen LogP contribution < -0.4 is 11.1 Å². The van der Waals surface area contributed by atoms with Crippen LogP contribution in [0.1, 0.15) is 21.5 Å². The topological polar surface area (TPSA) is 90.0 Å². The van der Waals surface area contributed by atoms with Crippen LogP contribution >= 0.6 is 0 Å². The molecule has 6 nitrogen and oxygen atoms in total. The van der Waals surface area contributed by atoms with Crippen molar-refractivity contribution < 1.29 is 9.59 Å². The fourth-order valence-corrected chi connectivity index (χ4v) is 2.45. The summed E-state index contributed by atoms with van der Waals surface area (Å²) < 4.78 is 1.72. The molecular formula is C19H18N4O2. The van der Waals surface area contributed by atoms with E-state index in [4.69, 9.17) is 5.73 Å². The Hall–Kier alpha value is -3.41. The van der Waals surface area contributed by atoms with Crippen molar-refractivity contribution in [1.82, 2.24) is 9.78 Å². The van der Waals surface area contributed by atoms with Crippen molar-refractivity contribution in [2.24, 2.45) is 5.73 Å². The number of carbonyl (C=O) groups is 2. The van der Waals surface area contributed by atoms with Gasteiger partial charge in [0.1, 0.15) is 0 Å². The Labute approximate surface area is 145 Å². The molecule has 0 radical (unpaired) electrons. The zero-order chi connectivity index (χ0) is 17.6. The first kappa shape index (κ1) is 16.4. The first-order chi connectivity index (χ1) is 12.1. The highest BCUT2D eigenvalue weighted by Gasteiger charge is 2.09. The molecule has 0 aliphatic rings. The number of anilines is 1. The maximum atomic E-state index is 12.3. The maximum Gasteiger partial charge on any atom is 0.258 e. The summed E-state index contributed by atoms with van der Waals surface area (Å²) in [4.78, 5) is 23.2. The standard InChI is InChI=1S/C19H18N4O2/c20-18(24)10-14-6-8-17(9-7-14)22-19(25)16-11-21-23(13-16)12-15-4-2-1-3-5-15/h1-9,11,13H,10,12H2,(H2,20,24)(H,22,25). The van der Waals surface area contributed by atoms with Crippen molar-refractivity contribution in [2.45, 2.75) is 13.0 Å². The molecule has 2 aromatic carbocycles. The van der Waals surface area contributed by atoms with E-state index in [-0.39, 0.29) is 18.2 Å². The van der Waals surface area contributed by atoms with Gasteiger partial charge < -0.3 is 11.1 Å². The van der Waals surface area contributed by atoms with E-state index in [2.05, 4.69) is 10.4 Å². The van der Waals surface area contributed by atoms with E-state index in [1.54, 1.807) is 41.3 Å². The number of nitrogens with zero attached hydrogens (tertiary/aromatic N) is 2. The lowest BCUT2D eigenvalue weighted by Crippen LogP contribution is -2.14. The number of rotatable bonds is 6. The van der Waals surface area contributed by atoms with Gasteiger partial charge in [0.2, 0.25) is 5.91 Å². The molecule has 0 fully saturated rings. The molecule has 3 rings (SSSR count). The number of hydrogen-bond acceptors (Lipinski definition) is 3. The molecule has 0 aliphatic heterocycles. The van der Waals surface area contributed by atoms with E-state index in [9.17, 15) is 9.59 Å². The van der Waals surface area contributed by atoms with Crippen LogP contribution in [0.3, 0.4) is 0 Å². The quantitative estimate of drug-likeness (QED) is 0.724. The molecule has 3 N–H and O–H groups in total. The van der Waals surface area contributed by atoms with Gasteiger partial charge in [-0.1, -0.05) is 42.5 Å². The third-order valence-electron chi connectivity index (χ3n) is 3.67. The predicted molar refractivity (Wildman–Crippen MR) is 95.1 cm³/mol. The summed E-state index contributed by atoms with van der Waals surface area (Å²) in [5, 5.41) is 7.03. The van der Waals surface area contributed by atoms with Crippen LogP contribution in [0.2, 0.25) is 0 Å². The molecule has 1 aromatic heterocycles. The van der Waals surface area contributed by atoms with Crippen molar-refractivity contribution in [2.75, 3.05) is 5.32 Å². The van der Waals surface area contributed by atoms with E-state index < -0.39 is 0 Å². The number of primary amides is 1. The van der Waals surface area contributed by atoms with Gasteiger partial charge in [0.25, 0.3) is 5.91 Å². The summed E-state index contributed by atoms with van der Waals surface area (Å²) in [6.45, 7) is 0.607. The molecule has 0 atom stereocenters. The predicted octanol–water partition coefficient (Wildman–Crippen LogP) is 2.21. The molecule has 2 amide bonds. The largest absolute Gasteiger partial charge is 0.369 e. The normalized spacial score (nSPS) is 10.4. The van der Waals surface area contributed by atoms with Crippen molar-refractivity contribution in [1.29, 1.82) is 0 Å². The Morgan fingerprint density at radius 1 is 1.00 bits per heavy atom. The molecule has 0 bridgehead atoms. The van der Waals surface area contributed by atoms with Gasteiger partial charge >= 0.3 is 0 Å². The molecule has 25 heavy (non-hydrogen) atoms. The van der Waals surface area contributed by atoms with Gasteiger partial charge in [-0.15, -0.1) is 0 Å². The van der Waals surface area contributed by atoms with Crippen LogP contribution in [0.4, 0.5) is 5.69 Å². The van der Waals surface area contributed by atoms with Gasteiger partial charge in [0.15, 0.2) is 0 Å². The van der Waals surface area contributed by atoms with E-state index in [1.165, 1.54) is 0 Å². The number of nitrogens with one attached hydrogen (secondary N) is 1. The zero-order valence-corrected chi connectivity index (χ0v) is 13.6. The molecule has 0 saturated carbocycles. The number of aromatic nitrogens is 2. The van der Waals surface area contributed by atoms with E-state index in [0.29, 0.717) is 17.8 Å². The number of amides is 2. The highest BCUT2D eigenvalue weighted by molar-refractivity contribution is 6.03. The lowest BCUT2D eigenvalue weighted by Gasteiger charge is -2.05. The molecule has 1 heterocycles. The number of benzene rings is 2. The highest BCUT2D eigenvalue weighted by atomic mass is 16.2.